The molecule has 12 heteroatoms. The highest BCUT2D eigenvalue weighted by molar-refractivity contribution is 6.03. The standard InChI is InChI=1S/C45H53N3O9/c1-3-24-54-45-41(47(2)44(51)31-18-19-31)28-39(46-55-29-30-12-5-4-6-13-30)37-25-32(14-7-9-22-49)36(17-8-10-23-50)42(43(37)45)38-27-35(20-21-40(38)57-45)56-34-16-11-15-33(26-34)48(52)53/h3-6,11-13,15-16,20-21,25-27,31-32,36,41-43,49-50H,1,7-10,14,17-19,22-24,28-29H2,2H3. The van der Waals surface area contributed by atoms with Gasteiger partial charge in [0.05, 0.1) is 29.2 Å². The first kappa shape index (κ1) is 40.2. The fourth-order valence-corrected chi connectivity index (χ4v) is 9.12. The summed E-state index contributed by atoms with van der Waals surface area (Å²) in [6.45, 7) is 4.61. The number of ether oxygens (including phenoxy) is 3. The van der Waals surface area contributed by atoms with Crippen molar-refractivity contribution in [1.82, 2.24) is 4.90 Å². The van der Waals surface area contributed by atoms with Crippen molar-refractivity contribution in [3.8, 4) is 17.2 Å². The van der Waals surface area contributed by atoms with Gasteiger partial charge in [0.1, 0.15) is 29.9 Å². The van der Waals surface area contributed by atoms with E-state index in [4.69, 9.17) is 24.2 Å². The first-order valence-corrected chi connectivity index (χ1v) is 20.2. The molecular weight excluding hydrogens is 727 g/mol. The van der Waals surface area contributed by atoms with Gasteiger partial charge in [0.2, 0.25) is 11.7 Å². The van der Waals surface area contributed by atoms with Gasteiger partial charge in [0.15, 0.2) is 0 Å². The van der Waals surface area contributed by atoms with Crippen molar-refractivity contribution in [3.05, 3.63) is 118 Å². The van der Waals surface area contributed by atoms with E-state index in [0.29, 0.717) is 36.5 Å². The van der Waals surface area contributed by atoms with Crippen molar-refractivity contribution in [2.75, 3.05) is 26.9 Å². The van der Waals surface area contributed by atoms with Gasteiger partial charge in [-0.1, -0.05) is 66.5 Å². The molecule has 2 N–H and O–H groups in total. The number of carbonyl (C=O) groups excluding carboxylic acids is 1. The Morgan fingerprint density at radius 1 is 1.02 bits per heavy atom. The third kappa shape index (κ3) is 8.63. The number of hydrogen-bond donors (Lipinski definition) is 2. The number of aliphatic hydroxyl groups excluding tert-OH is 2. The van der Waals surface area contributed by atoms with Crippen LogP contribution < -0.4 is 9.47 Å². The second-order valence-electron chi connectivity index (χ2n) is 15.6. The Morgan fingerprint density at radius 2 is 1.77 bits per heavy atom. The number of unbranched alkanes of at least 4 members (excludes halogenated alkanes) is 2. The zero-order valence-electron chi connectivity index (χ0n) is 32.5. The number of non-ortho nitro benzene ring substituents is 1. The van der Waals surface area contributed by atoms with Gasteiger partial charge in [-0.3, -0.25) is 14.9 Å². The van der Waals surface area contributed by atoms with Crippen LogP contribution >= 0.6 is 0 Å². The number of nitrogens with zero attached hydrogens (tertiary/aromatic N) is 3. The molecule has 302 valence electrons. The van der Waals surface area contributed by atoms with Crippen LogP contribution in [0.4, 0.5) is 5.69 Å². The molecule has 12 nitrogen and oxygen atoms in total. The molecule has 6 atom stereocenters. The maximum atomic E-state index is 14.0. The lowest BCUT2D eigenvalue weighted by Crippen LogP contribution is -2.69. The third-order valence-electron chi connectivity index (χ3n) is 11.9. The molecule has 0 aromatic heterocycles. The molecule has 6 unspecified atom stereocenters. The van der Waals surface area contributed by atoms with Crippen molar-refractivity contribution in [2.45, 2.75) is 82.1 Å². The summed E-state index contributed by atoms with van der Waals surface area (Å²) in [5, 5.41) is 36.2. The highest BCUT2D eigenvalue weighted by atomic mass is 16.7. The van der Waals surface area contributed by atoms with Gasteiger partial charge < -0.3 is 34.2 Å². The minimum Gasteiger partial charge on any atom is -0.459 e. The van der Waals surface area contributed by atoms with Crippen molar-refractivity contribution in [3.63, 3.8) is 0 Å². The smallest absolute Gasteiger partial charge is 0.273 e. The number of amides is 1. The molecule has 3 aliphatic carbocycles. The van der Waals surface area contributed by atoms with E-state index in [0.717, 1.165) is 60.9 Å². The summed E-state index contributed by atoms with van der Waals surface area (Å²) in [5.41, 5.74) is 3.48. The molecule has 4 aliphatic rings. The van der Waals surface area contributed by atoms with Gasteiger partial charge in [-0.25, -0.2) is 0 Å². The van der Waals surface area contributed by atoms with Crippen LogP contribution in [0.3, 0.4) is 0 Å². The van der Waals surface area contributed by atoms with Crippen molar-refractivity contribution >= 4 is 17.3 Å². The first-order chi connectivity index (χ1) is 27.8. The molecule has 0 spiro atoms. The van der Waals surface area contributed by atoms with E-state index in [9.17, 15) is 25.1 Å². The Hall–Kier alpha value is -5.04. The number of rotatable bonds is 19. The molecule has 1 heterocycles. The average molecular weight is 780 g/mol. The lowest BCUT2D eigenvalue weighted by molar-refractivity contribution is -0.384. The fraction of sp³-hybridized carbons (Fsp3) is 0.467. The van der Waals surface area contributed by atoms with Gasteiger partial charge in [0, 0.05) is 50.1 Å². The minimum atomic E-state index is -1.33. The van der Waals surface area contributed by atoms with Crippen molar-refractivity contribution < 1.29 is 39.0 Å². The summed E-state index contributed by atoms with van der Waals surface area (Å²) in [7, 11) is 1.84. The van der Waals surface area contributed by atoms with Crippen LogP contribution in [0.1, 0.15) is 74.8 Å². The van der Waals surface area contributed by atoms with E-state index in [1.54, 1.807) is 29.2 Å². The molecule has 1 amide bonds. The van der Waals surface area contributed by atoms with E-state index < -0.39 is 22.7 Å². The van der Waals surface area contributed by atoms with Gasteiger partial charge in [-0.05, 0) is 85.8 Å². The summed E-state index contributed by atoms with van der Waals surface area (Å²) in [4.78, 5) is 33.1. The SMILES string of the molecule is C=CCOC12Oc3ccc(Oc4cccc([N+](=O)[O-])c4)cc3C3C(CCCCO)C(CCCCO)C=C(C(=NOCc4ccccc4)CC1N(C)C(=O)C1CC1)C32. The molecular formula is C45H53N3O9. The number of fused-ring (bicyclic) bond motifs is 2. The maximum Gasteiger partial charge on any atom is 0.273 e. The van der Waals surface area contributed by atoms with Gasteiger partial charge in [-0.15, -0.1) is 6.58 Å². The number of aliphatic hydroxyl groups is 2. The van der Waals surface area contributed by atoms with Crippen LogP contribution in [0.2, 0.25) is 0 Å². The van der Waals surface area contributed by atoms with Crippen LogP contribution in [-0.4, -0.2) is 70.4 Å². The number of oxime groups is 1. The Balaban J connectivity index is 1.40. The molecule has 2 saturated carbocycles. The number of benzene rings is 3. The second-order valence-corrected chi connectivity index (χ2v) is 15.6. The molecule has 57 heavy (non-hydrogen) atoms. The molecule has 2 fully saturated rings. The number of nitro groups is 1. The quantitative estimate of drug-likeness (QED) is 0.0532. The Bertz CT molecular complexity index is 1960. The zero-order valence-corrected chi connectivity index (χ0v) is 32.5. The van der Waals surface area contributed by atoms with Crippen LogP contribution in [0, 0.1) is 33.8 Å². The maximum absolute atomic E-state index is 14.0. The third-order valence-corrected chi connectivity index (χ3v) is 11.9. The van der Waals surface area contributed by atoms with E-state index in [-0.39, 0.29) is 61.7 Å². The Morgan fingerprint density at radius 3 is 2.49 bits per heavy atom. The number of allylic oxidation sites excluding steroid dienone is 1. The van der Waals surface area contributed by atoms with Gasteiger partial charge in [-0.2, -0.15) is 0 Å². The summed E-state index contributed by atoms with van der Waals surface area (Å²) >= 11 is 0. The monoisotopic (exact) mass is 779 g/mol. The number of hydrogen-bond acceptors (Lipinski definition) is 10. The number of nitro benzene ring substituents is 1. The van der Waals surface area contributed by atoms with Crippen LogP contribution in [0.15, 0.2) is 102 Å². The summed E-state index contributed by atoms with van der Waals surface area (Å²) < 4.78 is 20.5. The summed E-state index contributed by atoms with van der Waals surface area (Å²) in [6, 6.07) is 21.0. The number of likely N-dealkylation sites (N-methyl/N-ethyl adjacent to an activating group) is 1. The molecule has 0 bridgehead atoms. The molecule has 0 saturated heterocycles. The second kappa shape index (κ2) is 18.0. The van der Waals surface area contributed by atoms with Crippen LogP contribution in [0.5, 0.6) is 17.2 Å². The topological polar surface area (TPSA) is 153 Å². The normalized spacial score (nSPS) is 25.4. The molecule has 3 aromatic carbocycles. The fourth-order valence-electron chi connectivity index (χ4n) is 9.12. The molecule has 1 aliphatic heterocycles. The Kier molecular flexibility index (Phi) is 12.7. The molecule has 0 radical (unpaired) electrons. The van der Waals surface area contributed by atoms with Crippen LogP contribution in [0.25, 0.3) is 0 Å². The van der Waals surface area contributed by atoms with Gasteiger partial charge in [0.25, 0.3) is 5.69 Å². The Labute approximate surface area is 333 Å². The van der Waals surface area contributed by atoms with Crippen LogP contribution in [-0.2, 0) is 21.0 Å². The lowest BCUT2D eigenvalue weighted by atomic mass is 9.55. The van der Waals surface area contributed by atoms with E-state index in [2.05, 4.69) is 12.7 Å². The van der Waals surface area contributed by atoms with E-state index in [1.165, 1.54) is 12.1 Å². The minimum absolute atomic E-state index is 0.0427. The lowest BCUT2D eigenvalue weighted by Gasteiger charge is -2.59. The number of carbonyl (C=O) groups is 1. The average Bonchev–Trinajstić information content (AvgIpc) is 4.08. The predicted octanol–water partition coefficient (Wildman–Crippen LogP) is 8.09. The summed E-state index contributed by atoms with van der Waals surface area (Å²) in [6.07, 6.45) is 10.6. The van der Waals surface area contributed by atoms with Gasteiger partial charge >= 0.3 is 0 Å². The molecule has 7 rings (SSSR count). The molecule has 3 aromatic rings. The van der Waals surface area contributed by atoms with E-state index in [1.807, 2.05) is 49.5 Å². The zero-order chi connectivity index (χ0) is 39.9. The largest absolute Gasteiger partial charge is 0.459 e. The van der Waals surface area contributed by atoms with Crippen molar-refractivity contribution in [1.29, 1.82) is 0 Å². The van der Waals surface area contributed by atoms with E-state index >= 15 is 0 Å². The first-order valence-electron chi connectivity index (χ1n) is 20.2. The summed E-state index contributed by atoms with van der Waals surface area (Å²) in [5.74, 6) is -0.468. The van der Waals surface area contributed by atoms with Crippen molar-refractivity contribution in [2.24, 2.45) is 28.8 Å². The highest BCUT2D eigenvalue weighted by Gasteiger charge is 2.65. The predicted molar refractivity (Wildman–Crippen MR) is 215 cm³/mol. The highest BCUT2D eigenvalue weighted by Crippen LogP contribution is 2.62.